The summed E-state index contributed by atoms with van der Waals surface area (Å²) in [7, 11) is 1.75. The van der Waals surface area contributed by atoms with Crippen LogP contribution in [0.3, 0.4) is 0 Å². The molecular formula is C10H16N4O. The van der Waals surface area contributed by atoms with Gasteiger partial charge in [0.15, 0.2) is 5.69 Å². The number of amides is 1. The summed E-state index contributed by atoms with van der Waals surface area (Å²) in [5.74, 6) is -0.171. The fraction of sp³-hybridized carbons (Fsp3) is 0.600. The van der Waals surface area contributed by atoms with E-state index in [1.165, 1.54) is 6.42 Å². The van der Waals surface area contributed by atoms with Gasteiger partial charge in [-0.3, -0.25) is 9.48 Å². The fourth-order valence-electron chi connectivity index (χ4n) is 1.85. The molecule has 1 aliphatic carbocycles. The lowest BCUT2D eigenvalue weighted by Crippen LogP contribution is -2.51. The number of hydrogen-bond acceptors (Lipinski definition) is 3. The van der Waals surface area contributed by atoms with Gasteiger partial charge in [0.25, 0.3) is 5.91 Å². The summed E-state index contributed by atoms with van der Waals surface area (Å²) >= 11 is 0. The van der Waals surface area contributed by atoms with Gasteiger partial charge >= 0.3 is 0 Å². The second kappa shape index (κ2) is 3.25. The minimum Gasteiger partial charge on any atom is -0.396 e. The van der Waals surface area contributed by atoms with Gasteiger partial charge in [-0.05, 0) is 26.2 Å². The van der Waals surface area contributed by atoms with Gasteiger partial charge in [-0.2, -0.15) is 5.10 Å². The minimum absolute atomic E-state index is 0.0545. The van der Waals surface area contributed by atoms with E-state index in [1.807, 2.05) is 6.92 Å². The van der Waals surface area contributed by atoms with E-state index in [4.69, 9.17) is 5.73 Å². The Labute approximate surface area is 88.6 Å². The average Bonchev–Trinajstić information content (AvgIpc) is 2.42. The van der Waals surface area contributed by atoms with Crippen LogP contribution in [0.4, 0.5) is 5.69 Å². The van der Waals surface area contributed by atoms with E-state index >= 15 is 0 Å². The monoisotopic (exact) mass is 208 g/mol. The van der Waals surface area contributed by atoms with E-state index in [2.05, 4.69) is 10.4 Å². The molecule has 0 spiro atoms. The van der Waals surface area contributed by atoms with Crippen LogP contribution in [-0.2, 0) is 7.05 Å². The summed E-state index contributed by atoms with van der Waals surface area (Å²) in [6.45, 7) is 2.05. The molecule has 0 atom stereocenters. The zero-order valence-electron chi connectivity index (χ0n) is 9.08. The summed E-state index contributed by atoms with van der Waals surface area (Å²) in [4.78, 5) is 11.8. The van der Waals surface area contributed by atoms with Crippen molar-refractivity contribution in [3.8, 4) is 0 Å². The van der Waals surface area contributed by atoms with Gasteiger partial charge in [-0.15, -0.1) is 0 Å². The number of aromatic nitrogens is 2. The molecule has 0 aromatic carbocycles. The Hall–Kier alpha value is -1.52. The van der Waals surface area contributed by atoms with Gasteiger partial charge in [0.05, 0.1) is 5.69 Å². The molecule has 0 aliphatic heterocycles. The molecule has 0 saturated heterocycles. The topological polar surface area (TPSA) is 72.9 Å². The van der Waals surface area contributed by atoms with Crippen LogP contribution in [0.1, 0.15) is 36.7 Å². The molecule has 1 fully saturated rings. The number of anilines is 1. The second-order valence-corrected chi connectivity index (χ2v) is 4.48. The van der Waals surface area contributed by atoms with Crippen molar-refractivity contribution >= 4 is 11.6 Å². The zero-order valence-corrected chi connectivity index (χ0v) is 9.08. The Morgan fingerprint density at radius 2 is 2.33 bits per heavy atom. The standard InChI is InChI=1S/C10H16N4O/c1-10(4-3-5-10)12-9(15)8-7(11)6-14(2)13-8/h6H,3-5,11H2,1-2H3,(H,12,15). The average molecular weight is 208 g/mol. The van der Waals surface area contributed by atoms with Crippen LogP contribution in [0.5, 0.6) is 0 Å². The molecule has 0 radical (unpaired) electrons. The molecule has 15 heavy (non-hydrogen) atoms. The highest BCUT2D eigenvalue weighted by Crippen LogP contribution is 2.31. The third kappa shape index (κ3) is 1.82. The Morgan fingerprint density at radius 3 is 2.73 bits per heavy atom. The molecule has 1 aromatic heterocycles. The lowest BCUT2D eigenvalue weighted by molar-refractivity contribution is 0.0845. The van der Waals surface area contributed by atoms with Gasteiger partial charge in [0, 0.05) is 18.8 Å². The molecule has 82 valence electrons. The van der Waals surface area contributed by atoms with Crippen molar-refractivity contribution in [1.82, 2.24) is 15.1 Å². The van der Waals surface area contributed by atoms with E-state index in [0.29, 0.717) is 11.4 Å². The van der Waals surface area contributed by atoms with Gasteiger partial charge in [-0.1, -0.05) is 0 Å². The number of nitrogens with zero attached hydrogens (tertiary/aromatic N) is 2. The number of nitrogens with one attached hydrogen (secondary N) is 1. The van der Waals surface area contributed by atoms with E-state index in [9.17, 15) is 4.79 Å². The van der Waals surface area contributed by atoms with Crippen molar-refractivity contribution in [2.45, 2.75) is 31.7 Å². The molecule has 1 aliphatic rings. The number of hydrogen-bond donors (Lipinski definition) is 2. The maximum absolute atomic E-state index is 11.8. The van der Waals surface area contributed by atoms with Crippen LogP contribution in [0, 0.1) is 0 Å². The van der Waals surface area contributed by atoms with Gasteiger partial charge < -0.3 is 11.1 Å². The summed E-state index contributed by atoms with van der Waals surface area (Å²) in [5, 5.41) is 7.00. The summed E-state index contributed by atoms with van der Waals surface area (Å²) in [5.41, 5.74) is 6.38. The lowest BCUT2D eigenvalue weighted by atomic mass is 9.78. The minimum atomic E-state index is -0.171. The summed E-state index contributed by atoms with van der Waals surface area (Å²) < 4.78 is 1.55. The first-order chi connectivity index (χ1) is 7.00. The van der Waals surface area contributed by atoms with Crippen LogP contribution < -0.4 is 11.1 Å². The second-order valence-electron chi connectivity index (χ2n) is 4.48. The molecule has 1 amide bonds. The summed E-state index contributed by atoms with van der Waals surface area (Å²) in [6, 6.07) is 0. The van der Waals surface area contributed by atoms with Crippen LogP contribution in [-0.4, -0.2) is 21.2 Å². The molecule has 0 unspecified atom stereocenters. The van der Waals surface area contributed by atoms with Crippen molar-refractivity contribution < 1.29 is 4.79 Å². The molecule has 2 rings (SSSR count). The molecule has 1 aromatic rings. The van der Waals surface area contributed by atoms with Crippen molar-refractivity contribution in [3.63, 3.8) is 0 Å². The smallest absolute Gasteiger partial charge is 0.274 e. The normalized spacial score (nSPS) is 18.3. The highest BCUT2D eigenvalue weighted by Gasteiger charge is 2.34. The van der Waals surface area contributed by atoms with Crippen molar-refractivity contribution in [1.29, 1.82) is 0 Å². The highest BCUT2D eigenvalue weighted by molar-refractivity contribution is 5.97. The quantitative estimate of drug-likeness (QED) is 0.750. The zero-order chi connectivity index (χ0) is 11.1. The molecule has 3 N–H and O–H groups in total. The summed E-state index contributed by atoms with van der Waals surface area (Å²) in [6.07, 6.45) is 4.88. The van der Waals surface area contributed by atoms with Crippen molar-refractivity contribution in [3.05, 3.63) is 11.9 Å². The van der Waals surface area contributed by atoms with Crippen LogP contribution in [0.15, 0.2) is 6.20 Å². The van der Waals surface area contributed by atoms with Crippen molar-refractivity contribution in [2.24, 2.45) is 7.05 Å². The van der Waals surface area contributed by atoms with Crippen LogP contribution >= 0.6 is 0 Å². The number of carbonyl (C=O) groups is 1. The van der Waals surface area contributed by atoms with Crippen molar-refractivity contribution in [2.75, 3.05) is 5.73 Å². The maximum atomic E-state index is 11.8. The van der Waals surface area contributed by atoms with Gasteiger partial charge in [0.1, 0.15) is 0 Å². The first-order valence-corrected chi connectivity index (χ1v) is 5.12. The number of nitrogen functional groups attached to an aromatic ring is 1. The fourth-order valence-corrected chi connectivity index (χ4v) is 1.85. The van der Waals surface area contributed by atoms with Gasteiger partial charge in [-0.25, -0.2) is 0 Å². The highest BCUT2D eigenvalue weighted by atomic mass is 16.2. The predicted molar refractivity (Wildman–Crippen MR) is 57.3 cm³/mol. The number of nitrogens with two attached hydrogens (primary N) is 1. The molecular weight excluding hydrogens is 192 g/mol. The Kier molecular flexibility index (Phi) is 2.17. The van der Waals surface area contributed by atoms with E-state index < -0.39 is 0 Å². The van der Waals surface area contributed by atoms with E-state index in [-0.39, 0.29) is 11.4 Å². The van der Waals surface area contributed by atoms with Crippen LogP contribution in [0.25, 0.3) is 0 Å². The maximum Gasteiger partial charge on any atom is 0.274 e. The number of rotatable bonds is 2. The molecule has 1 saturated carbocycles. The largest absolute Gasteiger partial charge is 0.396 e. The third-order valence-corrected chi connectivity index (χ3v) is 2.94. The van der Waals surface area contributed by atoms with E-state index in [0.717, 1.165) is 12.8 Å². The molecule has 5 heteroatoms. The first-order valence-electron chi connectivity index (χ1n) is 5.12. The molecule has 1 heterocycles. The third-order valence-electron chi connectivity index (χ3n) is 2.94. The number of carbonyl (C=O) groups excluding carboxylic acids is 1. The molecule has 0 bridgehead atoms. The van der Waals surface area contributed by atoms with E-state index in [1.54, 1.807) is 17.9 Å². The lowest BCUT2D eigenvalue weighted by Gasteiger charge is -2.38. The molecule has 5 nitrogen and oxygen atoms in total. The first kappa shape index (κ1) is 10.0. The Balaban J connectivity index is 2.11. The SMILES string of the molecule is Cn1cc(N)c(C(=O)NC2(C)CCC2)n1. The Bertz CT molecular complexity index is 392. The predicted octanol–water partition coefficient (Wildman–Crippen LogP) is 0.675. The Morgan fingerprint density at radius 1 is 1.67 bits per heavy atom. The van der Waals surface area contributed by atoms with Crippen LogP contribution in [0.2, 0.25) is 0 Å². The number of aryl methyl sites for hydroxylation is 1. The van der Waals surface area contributed by atoms with Gasteiger partial charge in [0.2, 0.25) is 0 Å².